The van der Waals surface area contributed by atoms with Crippen molar-refractivity contribution in [2.45, 2.75) is 0 Å². The van der Waals surface area contributed by atoms with Crippen LogP contribution < -0.4 is 15.4 Å². The molecule has 3 aromatic carbocycles. The third-order valence-corrected chi connectivity index (χ3v) is 6.19. The van der Waals surface area contributed by atoms with Gasteiger partial charge in [0.15, 0.2) is 5.11 Å². The van der Waals surface area contributed by atoms with E-state index in [2.05, 4.69) is 15.6 Å². The number of thiazole rings is 1. The quantitative estimate of drug-likeness (QED) is 0.325. The van der Waals surface area contributed by atoms with E-state index in [1.807, 2.05) is 24.3 Å². The lowest BCUT2D eigenvalue weighted by Crippen LogP contribution is -2.34. The van der Waals surface area contributed by atoms with Gasteiger partial charge in [-0.3, -0.25) is 10.1 Å². The van der Waals surface area contributed by atoms with Gasteiger partial charge in [-0.05, 0) is 60.7 Å². The lowest BCUT2D eigenvalue weighted by Gasteiger charge is -2.15. The monoisotopic (exact) mass is 487 g/mol. The van der Waals surface area contributed by atoms with Crippen LogP contribution in [0.1, 0.15) is 10.4 Å². The van der Waals surface area contributed by atoms with Crippen molar-refractivity contribution in [1.82, 2.24) is 10.3 Å². The molecular weight excluding hydrogens is 473 g/mol. The zero-order chi connectivity index (χ0) is 22.0. The molecule has 0 radical (unpaired) electrons. The number of rotatable bonds is 4. The van der Waals surface area contributed by atoms with E-state index < -0.39 is 0 Å². The van der Waals surface area contributed by atoms with Gasteiger partial charge in [0.2, 0.25) is 0 Å². The molecule has 0 aliphatic rings. The lowest BCUT2D eigenvalue weighted by molar-refractivity contribution is 0.0977. The van der Waals surface area contributed by atoms with E-state index in [-0.39, 0.29) is 11.0 Å². The third-order valence-electron chi connectivity index (χ3n) is 4.40. The van der Waals surface area contributed by atoms with Crippen LogP contribution >= 0.6 is 46.8 Å². The van der Waals surface area contributed by atoms with Crippen molar-refractivity contribution in [2.75, 3.05) is 12.4 Å². The summed E-state index contributed by atoms with van der Waals surface area (Å²) in [6.45, 7) is 0. The summed E-state index contributed by atoms with van der Waals surface area (Å²) in [7, 11) is 1.56. The van der Waals surface area contributed by atoms with Gasteiger partial charge in [-0.1, -0.05) is 35.3 Å². The fourth-order valence-corrected chi connectivity index (χ4v) is 4.64. The zero-order valence-corrected chi connectivity index (χ0v) is 19.3. The number of nitrogens with one attached hydrogen (secondary N) is 2. The van der Waals surface area contributed by atoms with E-state index in [4.69, 9.17) is 40.2 Å². The molecule has 0 spiro atoms. The SMILES string of the molecule is COc1ccc(C(=O)NC(=S)Nc2c(Cl)cc(Cl)cc2-c2nc3ccccc3s2)cc1. The van der Waals surface area contributed by atoms with Crippen molar-refractivity contribution in [3.05, 3.63) is 76.3 Å². The number of hydrogen-bond donors (Lipinski definition) is 2. The summed E-state index contributed by atoms with van der Waals surface area (Å²) in [6.07, 6.45) is 0. The van der Waals surface area contributed by atoms with E-state index in [1.54, 1.807) is 43.5 Å². The van der Waals surface area contributed by atoms with Crippen LogP contribution in [0.2, 0.25) is 10.0 Å². The predicted molar refractivity (Wildman–Crippen MR) is 132 cm³/mol. The number of aromatic nitrogens is 1. The van der Waals surface area contributed by atoms with Crippen molar-refractivity contribution < 1.29 is 9.53 Å². The number of hydrogen-bond acceptors (Lipinski definition) is 5. The summed E-state index contributed by atoms with van der Waals surface area (Å²) in [5.41, 5.74) is 2.53. The number of anilines is 1. The highest BCUT2D eigenvalue weighted by Crippen LogP contribution is 2.40. The van der Waals surface area contributed by atoms with Crippen molar-refractivity contribution in [1.29, 1.82) is 0 Å². The van der Waals surface area contributed by atoms with Gasteiger partial charge in [0.1, 0.15) is 10.8 Å². The number of methoxy groups -OCH3 is 1. The van der Waals surface area contributed by atoms with Gasteiger partial charge in [-0.2, -0.15) is 0 Å². The van der Waals surface area contributed by atoms with Gasteiger partial charge in [-0.25, -0.2) is 4.98 Å². The summed E-state index contributed by atoms with van der Waals surface area (Å²) in [4.78, 5) is 17.2. The minimum atomic E-state index is -0.355. The van der Waals surface area contributed by atoms with E-state index in [0.717, 1.165) is 15.2 Å². The van der Waals surface area contributed by atoms with Crippen LogP contribution in [0.25, 0.3) is 20.8 Å². The topological polar surface area (TPSA) is 63.2 Å². The van der Waals surface area contributed by atoms with Gasteiger partial charge in [0.05, 0.1) is 28.0 Å². The second-order valence-corrected chi connectivity index (χ2v) is 8.72. The van der Waals surface area contributed by atoms with Gasteiger partial charge in [0, 0.05) is 16.1 Å². The smallest absolute Gasteiger partial charge is 0.257 e. The summed E-state index contributed by atoms with van der Waals surface area (Å²) in [5, 5.41) is 7.36. The summed E-state index contributed by atoms with van der Waals surface area (Å²) < 4.78 is 6.15. The Balaban J connectivity index is 1.60. The van der Waals surface area contributed by atoms with Gasteiger partial charge >= 0.3 is 0 Å². The number of para-hydroxylation sites is 1. The fourth-order valence-electron chi connectivity index (χ4n) is 2.92. The Hall–Kier alpha value is -2.71. The average Bonchev–Trinajstić information content (AvgIpc) is 3.19. The molecule has 1 aromatic heterocycles. The first-order chi connectivity index (χ1) is 14.9. The third kappa shape index (κ3) is 4.80. The first-order valence-electron chi connectivity index (χ1n) is 9.06. The fraction of sp³-hybridized carbons (Fsp3) is 0.0455. The minimum absolute atomic E-state index is 0.104. The molecule has 1 heterocycles. The van der Waals surface area contributed by atoms with Crippen LogP contribution in [0.4, 0.5) is 5.69 Å². The first-order valence-corrected chi connectivity index (χ1v) is 11.0. The van der Waals surface area contributed by atoms with Crippen LogP contribution in [0.5, 0.6) is 5.75 Å². The van der Waals surface area contributed by atoms with Crippen LogP contribution in [-0.4, -0.2) is 23.1 Å². The van der Waals surface area contributed by atoms with Crippen molar-refractivity contribution in [3.63, 3.8) is 0 Å². The molecule has 0 aliphatic heterocycles. The molecule has 0 bridgehead atoms. The largest absolute Gasteiger partial charge is 0.497 e. The Kier molecular flexibility index (Phi) is 6.38. The van der Waals surface area contributed by atoms with Gasteiger partial charge in [0.25, 0.3) is 5.91 Å². The molecule has 0 saturated carbocycles. The molecule has 0 saturated heterocycles. The molecule has 1 amide bonds. The average molecular weight is 488 g/mol. The second-order valence-electron chi connectivity index (χ2n) is 6.43. The molecule has 4 rings (SSSR count). The zero-order valence-electron chi connectivity index (χ0n) is 16.1. The number of benzene rings is 3. The highest BCUT2D eigenvalue weighted by Gasteiger charge is 2.17. The number of ether oxygens (including phenoxy) is 1. The minimum Gasteiger partial charge on any atom is -0.497 e. The number of halogens is 2. The second kappa shape index (κ2) is 9.20. The molecule has 156 valence electrons. The normalized spacial score (nSPS) is 10.7. The maximum absolute atomic E-state index is 12.5. The van der Waals surface area contributed by atoms with Crippen LogP contribution in [-0.2, 0) is 0 Å². The molecule has 0 unspecified atom stereocenters. The number of thiocarbonyl (C=S) groups is 1. The maximum atomic E-state index is 12.5. The van der Waals surface area contributed by atoms with E-state index in [0.29, 0.717) is 32.6 Å². The maximum Gasteiger partial charge on any atom is 0.257 e. The Morgan fingerprint density at radius 1 is 1.10 bits per heavy atom. The van der Waals surface area contributed by atoms with Crippen LogP contribution in [0.15, 0.2) is 60.7 Å². The standard InChI is InChI=1S/C22H15Cl2N3O2S2/c1-29-14-8-6-12(7-9-14)20(28)27-22(30)26-19-15(10-13(23)11-16(19)24)21-25-17-4-2-3-5-18(17)31-21/h2-11H,1H3,(H2,26,27,28,30). The molecule has 0 atom stereocenters. The number of carbonyl (C=O) groups is 1. The lowest BCUT2D eigenvalue weighted by atomic mass is 10.2. The molecule has 4 aromatic rings. The Morgan fingerprint density at radius 2 is 1.84 bits per heavy atom. The van der Waals surface area contributed by atoms with Crippen LogP contribution in [0, 0.1) is 0 Å². The van der Waals surface area contributed by atoms with Crippen LogP contribution in [0.3, 0.4) is 0 Å². The Bertz CT molecular complexity index is 1260. The van der Waals surface area contributed by atoms with Gasteiger partial charge in [-0.15, -0.1) is 11.3 Å². The van der Waals surface area contributed by atoms with Gasteiger partial charge < -0.3 is 10.1 Å². The molecule has 2 N–H and O–H groups in total. The molecule has 0 aliphatic carbocycles. The number of carbonyl (C=O) groups excluding carboxylic acids is 1. The molecule has 9 heteroatoms. The number of nitrogens with zero attached hydrogens (tertiary/aromatic N) is 1. The highest BCUT2D eigenvalue weighted by molar-refractivity contribution is 7.80. The predicted octanol–water partition coefficient (Wildman–Crippen LogP) is 6.41. The van der Waals surface area contributed by atoms with Crippen molar-refractivity contribution in [2.24, 2.45) is 0 Å². The molecule has 5 nitrogen and oxygen atoms in total. The summed E-state index contributed by atoms with van der Waals surface area (Å²) in [5.74, 6) is 0.303. The van der Waals surface area contributed by atoms with E-state index >= 15 is 0 Å². The highest BCUT2D eigenvalue weighted by atomic mass is 35.5. The summed E-state index contributed by atoms with van der Waals surface area (Å²) >= 11 is 19.6. The first kappa shape index (κ1) is 21.5. The Morgan fingerprint density at radius 3 is 2.55 bits per heavy atom. The van der Waals surface area contributed by atoms with Crippen molar-refractivity contribution in [3.8, 4) is 16.3 Å². The Labute approximate surface area is 198 Å². The summed E-state index contributed by atoms with van der Waals surface area (Å²) in [6, 6.07) is 17.9. The van der Waals surface area contributed by atoms with E-state index in [9.17, 15) is 4.79 Å². The molecule has 0 fully saturated rings. The molecule has 31 heavy (non-hydrogen) atoms. The molecular formula is C22H15Cl2N3O2S2. The number of amides is 1. The number of fused-ring (bicyclic) bond motifs is 1. The van der Waals surface area contributed by atoms with E-state index in [1.165, 1.54) is 11.3 Å². The van der Waals surface area contributed by atoms with Crippen molar-refractivity contribution >= 4 is 73.7 Å².